The Labute approximate surface area is 88.6 Å². The van der Waals surface area contributed by atoms with Crippen LogP contribution in [0.25, 0.3) is 10.1 Å². The Kier molecular flexibility index (Phi) is 2.33. The predicted octanol–water partition coefficient (Wildman–Crippen LogP) is 3.29. The van der Waals surface area contributed by atoms with Crippen LogP contribution in [0.4, 0.5) is 0 Å². The Bertz CT molecular complexity index is 483. The molecule has 0 spiro atoms. The second-order valence-corrected chi connectivity index (χ2v) is 4.92. The van der Waals surface area contributed by atoms with E-state index in [1.54, 1.807) is 0 Å². The highest BCUT2D eigenvalue weighted by atomic mass is 32.1. The lowest BCUT2D eigenvalue weighted by Crippen LogP contribution is -1.94. The predicted molar refractivity (Wildman–Crippen MR) is 63.9 cm³/mol. The smallest absolute Gasteiger partial charge is 0.0378 e. The Morgan fingerprint density at radius 2 is 1.93 bits per heavy atom. The summed E-state index contributed by atoms with van der Waals surface area (Å²) < 4.78 is 1.40. The van der Waals surface area contributed by atoms with E-state index in [0.29, 0.717) is 6.54 Å². The highest BCUT2D eigenvalue weighted by molar-refractivity contribution is 7.19. The van der Waals surface area contributed by atoms with Crippen LogP contribution in [0.3, 0.4) is 0 Å². The molecule has 14 heavy (non-hydrogen) atoms. The molecule has 1 aromatic heterocycles. The number of benzene rings is 1. The molecule has 2 aromatic rings. The van der Waals surface area contributed by atoms with Crippen molar-refractivity contribution in [2.75, 3.05) is 0 Å². The lowest BCUT2D eigenvalue weighted by atomic mass is 10.1. The van der Waals surface area contributed by atoms with Crippen molar-refractivity contribution in [2.45, 2.75) is 27.3 Å². The van der Waals surface area contributed by atoms with Gasteiger partial charge in [-0.05, 0) is 37.3 Å². The summed E-state index contributed by atoms with van der Waals surface area (Å²) >= 11 is 1.83. The maximum Gasteiger partial charge on any atom is 0.0378 e. The van der Waals surface area contributed by atoms with E-state index in [1.807, 2.05) is 11.3 Å². The fraction of sp³-hybridized carbons (Fsp3) is 0.333. The van der Waals surface area contributed by atoms with Gasteiger partial charge in [0.1, 0.15) is 0 Å². The van der Waals surface area contributed by atoms with Crippen molar-refractivity contribution >= 4 is 21.4 Å². The maximum atomic E-state index is 5.71. The van der Waals surface area contributed by atoms with Gasteiger partial charge in [0.05, 0.1) is 0 Å². The van der Waals surface area contributed by atoms with Crippen LogP contribution in [0, 0.1) is 20.8 Å². The average Bonchev–Trinajstić information content (AvgIpc) is 2.44. The first kappa shape index (κ1) is 9.69. The van der Waals surface area contributed by atoms with Crippen LogP contribution in [0.5, 0.6) is 0 Å². The fourth-order valence-corrected chi connectivity index (χ4v) is 3.05. The van der Waals surface area contributed by atoms with Gasteiger partial charge in [-0.3, -0.25) is 0 Å². The van der Waals surface area contributed by atoms with Crippen LogP contribution in [-0.2, 0) is 6.54 Å². The Morgan fingerprint density at radius 3 is 2.57 bits per heavy atom. The van der Waals surface area contributed by atoms with E-state index < -0.39 is 0 Å². The molecule has 1 aromatic carbocycles. The first-order valence-electron chi connectivity index (χ1n) is 4.82. The molecule has 0 saturated carbocycles. The maximum absolute atomic E-state index is 5.71. The molecular formula is C12H15NS. The van der Waals surface area contributed by atoms with E-state index in [4.69, 9.17) is 5.73 Å². The minimum atomic E-state index is 0.656. The molecule has 2 rings (SSSR count). The third-order valence-corrected chi connectivity index (χ3v) is 4.12. The number of nitrogens with two attached hydrogens (primary N) is 1. The standard InChI is InChI=1S/C12H15NS/c1-7-4-8(2)12-10(5-7)9(3)11(6-13)14-12/h4-5H,6,13H2,1-3H3. The molecule has 1 heterocycles. The molecule has 0 bridgehead atoms. The van der Waals surface area contributed by atoms with Gasteiger partial charge in [-0.15, -0.1) is 11.3 Å². The van der Waals surface area contributed by atoms with Crippen LogP contribution in [0.2, 0.25) is 0 Å². The number of hydrogen-bond acceptors (Lipinski definition) is 2. The van der Waals surface area contributed by atoms with Crippen molar-refractivity contribution in [1.29, 1.82) is 0 Å². The van der Waals surface area contributed by atoms with E-state index in [9.17, 15) is 0 Å². The van der Waals surface area contributed by atoms with Crippen molar-refractivity contribution in [3.8, 4) is 0 Å². The van der Waals surface area contributed by atoms with E-state index in [2.05, 4.69) is 32.9 Å². The van der Waals surface area contributed by atoms with Crippen LogP contribution < -0.4 is 5.73 Å². The average molecular weight is 205 g/mol. The van der Waals surface area contributed by atoms with Gasteiger partial charge in [-0.2, -0.15) is 0 Å². The first-order valence-corrected chi connectivity index (χ1v) is 5.64. The summed E-state index contributed by atoms with van der Waals surface area (Å²) in [5.74, 6) is 0. The summed E-state index contributed by atoms with van der Waals surface area (Å²) in [7, 11) is 0. The van der Waals surface area contributed by atoms with E-state index in [-0.39, 0.29) is 0 Å². The SMILES string of the molecule is Cc1cc(C)c2sc(CN)c(C)c2c1. The van der Waals surface area contributed by atoms with Crippen molar-refractivity contribution < 1.29 is 0 Å². The fourth-order valence-electron chi connectivity index (χ4n) is 1.91. The lowest BCUT2D eigenvalue weighted by molar-refractivity contribution is 1.09. The van der Waals surface area contributed by atoms with Gasteiger partial charge in [0.15, 0.2) is 0 Å². The minimum absolute atomic E-state index is 0.656. The number of hydrogen-bond donors (Lipinski definition) is 1. The zero-order valence-corrected chi connectivity index (χ0v) is 9.66. The lowest BCUT2D eigenvalue weighted by Gasteiger charge is -1.99. The monoisotopic (exact) mass is 205 g/mol. The molecule has 0 radical (unpaired) electrons. The van der Waals surface area contributed by atoms with Crippen molar-refractivity contribution in [3.63, 3.8) is 0 Å². The molecule has 2 heteroatoms. The van der Waals surface area contributed by atoms with Gasteiger partial charge >= 0.3 is 0 Å². The van der Waals surface area contributed by atoms with Gasteiger partial charge in [-0.1, -0.05) is 17.7 Å². The van der Waals surface area contributed by atoms with Gasteiger partial charge in [-0.25, -0.2) is 0 Å². The van der Waals surface area contributed by atoms with Crippen LogP contribution in [-0.4, -0.2) is 0 Å². The highest BCUT2D eigenvalue weighted by Crippen LogP contribution is 2.33. The molecule has 0 aliphatic carbocycles. The van der Waals surface area contributed by atoms with E-state index in [0.717, 1.165) is 0 Å². The summed E-state index contributed by atoms with van der Waals surface area (Å²) in [4.78, 5) is 1.31. The number of fused-ring (bicyclic) bond motifs is 1. The molecule has 0 saturated heterocycles. The van der Waals surface area contributed by atoms with E-state index in [1.165, 1.54) is 31.7 Å². The third-order valence-electron chi connectivity index (χ3n) is 2.65. The van der Waals surface area contributed by atoms with E-state index >= 15 is 0 Å². The van der Waals surface area contributed by atoms with Gasteiger partial charge in [0.2, 0.25) is 0 Å². The number of thiophene rings is 1. The summed E-state index contributed by atoms with van der Waals surface area (Å²) in [6.07, 6.45) is 0. The number of aryl methyl sites for hydroxylation is 3. The molecule has 0 amide bonds. The van der Waals surface area contributed by atoms with Crippen molar-refractivity contribution in [2.24, 2.45) is 5.73 Å². The summed E-state index contributed by atoms with van der Waals surface area (Å²) in [5.41, 5.74) is 9.77. The normalized spacial score (nSPS) is 11.1. The molecule has 0 fully saturated rings. The van der Waals surface area contributed by atoms with Gasteiger partial charge < -0.3 is 5.73 Å². The topological polar surface area (TPSA) is 26.0 Å². The van der Waals surface area contributed by atoms with Gasteiger partial charge in [0, 0.05) is 16.1 Å². The molecule has 74 valence electrons. The van der Waals surface area contributed by atoms with Crippen LogP contribution >= 0.6 is 11.3 Å². The van der Waals surface area contributed by atoms with Crippen LogP contribution in [0.15, 0.2) is 12.1 Å². The second-order valence-electron chi connectivity index (χ2n) is 3.81. The summed E-state index contributed by atoms with van der Waals surface area (Å²) in [6.45, 7) is 7.14. The molecule has 0 aliphatic heterocycles. The molecule has 0 aliphatic rings. The Balaban J connectivity index is 2.85. The Hall–Kier alpha value is -0.860. The molecule has 0 unspecified atom stereocenters. The first-order chi connectivity index (χ1) is 6.63. The van der Waals surface area contributed by atoms with Crippen molar-refractivity contribution in [1.82, 2.24) is 0 Å². The van der Waals surface area contributed by atoms with Crippen molar-refractivity contribution in [3.05, 3.63) is 33.7 Å². The molecular weight excluding hydrogens is 190 g/mol. The Morgan fingerprint density at radius 1 is 1.21 bits per heavy atom. The van der Waals surface area contributed by atoms with Gasteiger partial charge in [0.25, 0.3) is 0 Å². The summed E-state index contributed by atoms with van der Waals surface area (Å²) in [6, 6.07) is 4.49. The molecule has 0 atom stereocenters. The largest absolute Gasteiger partial charge is 0.326 e. The molecule has 2 N–H and O–H groups in total. The zero-order valence-electron chi connectivity index (χ0n) is 8.85. The third kappa shape index (κ3) is 1.35. The van der Waals surface area contributed by atoms with Crippen LogP contribution in [0.1, 0.15) is 21.6 Å². The summed E-state index contributed by atoms with van der Waals surface area (Å²) in [5, 5.41) is 1.38. The minimum Gasteiger partial charge on any atom is -0.326 e. The molecule has 1 nitrogen and oxygen atoms in total. The highest BCUT2D eigenvalue weighted by Gasteiger charge is 2.08. The zero-order chi connectivity index (χ0) is 10.3. The number of rotatable bonds is 1. The second kappa shape index (κ2) is 3.37. The quantitative estimate of drug-likeness (QED) is 0.759.